The van der Waals surface area contributed by atoms with Crippen LogP contribution in [-0.2, 0) is 6.54 Å². The smallest absolute Gasteiger partial charge is 0.285 e. The highest BCUT2D eigenvalue weighted by Gasteiger charge is 2.18. The molecule has 0 aliphatic heterocycles. The van der Waals surface area contributed by atoms with Gasteiger partial charge in [0.2, 0.25) is 0 Å². The summed E-state index contributed by atoms with van der Waals surface area (Å²) in [6, 6.07) is 6.73. The van der Waals surface area contributed by atoms with Crippen molar-refractivity contribution in [3.8, 4) is 12.3 Å². The Morgan fingerprint density at radius 3 is 2.64 bits per heavy atom. The van der Waals surface area contributed by atoms with Gasteiger partial charge in [0.15, 0.2) is 4.80 Å². The van der Waals surface area contributed by atoms with Gasteiger partial charge in [0, 0.05) is 5.02 Å². The van der Waals surface area contributed by atoms with Crippen LogP contribution in [0, 0.1) is 30.9 Å². The van der Waals surface area contributed by atoms with Crippen LogP contribution in [0.25, 0.3) is 10.2 Å². The Morgan fingerprint density at radius 2 is 2.00 bits per heavy atom. The molecule has 3 aromatic rings. The van der Waals surface area contributed by atoms with Gasteiger partial charge in [0.05, 0.1) is 16.8 Å². The van der Waals surface area contributed by atoms with Crippen LogP contribution in [0.15, 0.2) is 35.3 Å². The largest absolute Gasteiger partial charge is 0.304 e. The predicted molar refractivity (Wildman–Crippen MR) is 94.6 cm³/mol. The molecule has 0 aliphatic rings. The minimum absolute atomic E-state index is 0.146. The SMILES string of the molecule is C#CCn1c(=NC(=O)c2c(F)cccc2F)sc2ccc(Cl)c(C)c21. The third kappa shape index (κ3) is 3.09. The molecule has 0 spiro atoms. The molecule has 1 amide bonds. The van der Waals surface area contributed by atoms with E-state index in [1.54, 1.807) is 16.7 Å². The number of terminal acetylenes is 1. The Hall–Kier alpha value is -2.49. The summed E-state index contributed by atoms with van der Waals surface area (Å²) in [5.41, 5.74) is 0.842. The number of halogens is 3. The summed E-state index contributed by atoms with van der Waals surface area (Å²) < 4.78 is 30.1. The lowest BCUT2D eigenvalue weighted by Gasteiger charge is -2.05. The van der Waals surface area contributed by atoms with E-state index < -0.39 is 23.1 Å². The van der Waals surface area contributed by atoms with Crippen LogP contribution in [0.1, 0.15) is 15.9 Å². The number of amides is 1. The van der Waals surface area contributed by atoms with E-state index in [9.17, 15) is 13.6 Å². The Kier molecular flexibility index (Phi) is 4.71. The molecule has 0 unspecified atom stereocenters. The maximum absolute atomic E-state index is 13.8. The minimum Gasteiger partial charge on any atom is -0.304 e. The summed E-state index contributed by atoms with van der Waals surface area (Å²) in [4.78, 5) is 16.5. The van der Waals surface area contributed by atoms with Gasteiger partial charge < -0.3 is 4.57 Å². The van der Waals surface area contributed by atoms with Gasteiger partial charge in [0.1, 0.15) is 17.2 Å². The van der Waals surface area contributed by atoms with Crippen LogP contribution in [0.4, 0.5) is 8.78 Å². The molecule has 1 aromatic heterocycles. The van der Waals surface area contributed by atoms with E-state index in [1.165, 1.54) is 17.4 Å². The van der Waals surface area contributed by atoms with Crippen molar-refractivity contribution in [2.45, 2.75) is 13.5 Å². The standard InChI is InChI=1S/C18H11ClF2N2OS/c1-3-9-23-16-10(2)11(19)7-8-14(16)25-18(23)22-17(24)15-12(20)5-4-6-13(15)21/h1,4-8H,9H2,2H3. The Bertz CT molecular complexity index is 1090. The summed E-state index contributed by atoms with van der Waals surface area (Å²) in [6.45, 7) is 1.97. The molecule has 0 saturated heterocycles. The van der Waals surface area contributed by atoms with Crippen molar-refractivity contribution in [3.05, 3.63) is 62.9 Å². The van der Waals surface area contributed by atoms with E-state index in [1.807, 2.05) is 6.92 Å². The van der Waals surface area contributed by atoms with Crippen molar-refractivity contribution in [2.24, 2.45) is 4.99 Å². The molecular formula is C18H11ClF2N2OS. The Balaban J connectivity index is 2.27. The van der Waals surface area contributed by atoms with E-state index >= 15 is 0 Å². The molecule has 25 heavy (non-hydrogen) atoms. The second-order valence-corrected chi connectivity index (χ2v) is 6.62. The molecule has 0 fully saturated rings. The van der Waals surface area contributed by atoms with Gasteiger partial charge in [-0.05, 0) is 36.8 Å². The van der Waals surface area contributed by atoms with E-state index in [2.05, 4.69) is 10.9 Å². The highest BCUT2D eigenvalue weighted by Crippen LogP contribution is 2.27. The highest BCUT2D eigenvalue weighted by atomic mass is 35.5. The Morgan fingerprint density at radius 1 is 1.32 bits per heavy atom. The number of hydrogen-bond donors (Lipinski definition) is 0. The number of aromatic nitrogens is 1. The number of carbonyl (C=O) groups is 1. The quantitative estimate of drug-likeness (QED) is 0.613. The zero-order valence-electron chi connectivity index (χ0n) is 13.0. The van der Waals surface area contributed by atoms with Crippen LogP contribution in [0.3, 0.4) is 0 Å². The fraction of sp³-hybridized carbons (Fsp3) is 0.111. The molecule has 7 heteroatoms. The molecule has 0 N–H and O–H groups in total. The molecule has 0 bridgehead atoms. The van der Waals surface area contributed by atoms with Crippen molar-refractivity contribution < 1.29 is 13.6 Å². The number of nitrogens with zero attached hydrogens (tertiary/aromatic N) is 2. The number of benzene rings is 2. The van der Waals surface area contributed by atoms with Crippen LogP contribution >= 0.6 is 22.9 Å². The van der Waals surface area contributed by atoms with Crippen LogP contribution in [0.5, 0.6) is 0 Å². The molecule has 0 atom stereocenters. The third-order valence-electron chi connectivity index (χ3n) is 3.65. The van der Waals surface area contributed by atoms with Crippen molar-refractivity contribution in [1.82, 2.24) is 4.57 Å². The summed E-state index contributed by atoms with van der Waals surface area (Å²) >= 11 is 7.35. The number of carbonyl (C=O) groups excluding carboxylic acids is 1. The number of thiazole rings is 1. The normalized spacial score (nSPS) is 11.7. The molecule has 0 radical (unpaired) electrons. The van der Waals surface area contributed by atoms with Gasteiger partial charge in [-0.25, -0.2) is 8.78 Å². The van der Waals surface area contributed by atoms with E-state index in [0.29, 0.717) is 5.02 Å². The van der Waals surface area contributed by atoms with E-state index in [4.69, 9.17) is 18.0 Å². The number of fused-ring (bicyclic) bond motifs is 1. The first kappa shape index (κ1) is 17.3. The number of aryl methyl sites for hydroxylation is 1. The molecular weight excluding hydrogens is 366 g/mol. The fourth-order valence-electron chi connectivity index (χ4n) is 2.48. The number of rotatable bonds is 2. The molecule has 0 aliphatic carbocycles. The van der Waals surface area contributed by atoms with Gasteiger partial charge >= 0.3 is 0 Å². The monoisotopic (exact) mass is 376 g/mol. The topological polar surface area (TPSA) is 34.4 Å². The second kappa shape index (κ2) is 6.79. The predicted octanol–water partition coefficient (Wildman–Crippen LogP) is 4.32. The van der Waals surface area contributed by atoms with Gasteiger partial charge in [-0.3, -0.25) is 4.79 Å². The van der Waals surface area contributed by atoms with Crippen molar-refractivity contribution >= 4 is 39.1 Å². The third-order valence-corrected chi connectivity index (χ3v) is 5.11. The van der Waals surface area contributed by atoms with Crippen molar-refractivity contribution in [1.29, 1.82) is 0 Å². The lowest BCUT2D eigenvalue weighted by molar-refractivity contribution is 0.0990. The van der Waals surface area contributed by atoms with Gasteiger partial charge in [-0.1, -0.05) is 34.9 Å². The van der Waals surface area contributed by atoms with Gasteiger partial charge in [-0.2, -0.15) is 4.99 Å². The molecule has 126 valence electrons. The van der Waals surface area contributed by atoms with Crippen molar-refractivity contribution in [3.63, 3.8) is 0 Å². The average molecular weight is 377 g/mol. The number of hydrogen-bond acceptors (Lipinski definition) is 2. The first-order valence-corrected chi connectivity index (χ1v) is 8.38. The molecule has 0 saturated carbocycles. The summed E-state index contributed by atoms with van der Waals surface area (Å²) in [5, 5.41) is 0.550. The van der Waals surface area contributed by atoms with E-state index in [0.717, 1.165) is 27.9 Å². The molecule has 2 aromatic carbocycles. The lowest BCUT2D eigenvalue weighted by Crippen LogP contribution is -2.17. The maximum Gasteiger partial charge on any atom is 0.285 e. The highest BCUT2D eigenvalue weighted by molar-refractivity contribution is 7.16. The maximum atomic E-state index is 13.8. The molecule has 3 rings (SSSR count). The van der Waals surface area contributed by atoms with E-state index in [-0.39, 0.29) is 11.3 Å². The van der Waals surface area contributed by atoms with Crippen LogP contribution in [-0.4, -0.2) is 10.5 Å². The summed E-state index contributed by atoms with van der Waals surface area (Å²) in [5.74, 6) is -0.432. The average Bonchev–Trinajstić information content (AvgIpc) is 2.89. The van der Waals surface area contributed by atoms with Crippen molar-refractivity contribution in [2.75, 3.05) is 0 Å². The van der Waals surface area contributed by atoms with Crippen LogP contribution < -0.4 is 4.80 Å². The summed E-state index contributed by atoms with van der Waals surface area (Å²) in [6.07, 6.45) is 5.41. The first-order chi connectivity index (χ1) is 11.9. The molecule has 3 nitrogen and oxygen atoms in total. The minimum atomic E-state index is -1.00. The van der Waals surface area contributed by atoms with Gasteiger partial charge in [-0.15, -0.1) is 6.42 Å². The molecule has 1 heterocycles. The second-order valence-electron chi connectivity index (χ2n) is 5.21. The first-order valence-electron chi connectivity index (χ1n) is 7.19. The Labute approximate surface area is 151 Å². The summed E-state index contributed by atoms with van der Waals surface area (Å²) in [7, 11) is 0. The lowest BCUT2D eigenvalue weighted by atomic mass is 10.2. The fourth-order valence-corrected chi connectivity index (χ4v) is 3.72. The van der Waals surface area contributed by atoms with Crippen LogP contribution in [0.2, 0.25) is 5.02 Å². The zero-order valence-corrected chi connectivity index (χ0v) is 14.6. The van der Waals surface area contributed by atoms with Gasteiger partial charge in [0.25, 0.3) is 5.91 Å². The zero-order chi connectivity index (χ0) is 18.1.